The lowest BCUT2D eigenvalue weighted by molar-refractivity contribution is 0.466. The minimum Gasteiger partial charge on any atom is -0.369 e. The van der Waals surface area contributed by atoms with E-state index in [1.54, 1.807) is 6.20 Å². The molecule has 154 valence electrons. The molecular weight excluding hydrogens is 372 g/mol. The molecular formula is C24H28N6. The van der Waals surface area contributed by atoms with Gasteiger partial charge >= 0.3 is 0 Å². The van der Waals surface area contributed by atoms with Crippen molar-refractivity contribution in [3.63, 3.8) is 0 Å². The topological polar surface area (TPSA) is 70.6 Å². The monoisotopic (exact) mass is 400 g/mol. The van der Waals surface area contributed by atoms with Crippen LogP contribution < -0.4 is 4.90 Å². The Balaban J connectivity index is 1.55. The molecule has 6 heteroatoms. The van der Waals surface area contributed by atoms with Gasteiger partial charge in [-0.05, 0) is 51.2 Å². The van der Waals surface area contributed by atoms with Gasteiger partial charge in [-0.1, -0.05) is 18.1 Å². The van der Waals surface area contributed by atoms with E-state index in [-0.39, 0.29) is 0 Å². The number of hydrogen-bond donors (Lipinski definition) is 0. The molecule has 2 aliphatic heterocycles. The van der Waals surface area contributed by atoms with Gasteiger partial charge in [-0.3, -0.25) is 4.98 Å². The Morgan fingerprint density at radius 1 is 1.07 bits per heavy atom. The molecule has 30 heavy (non-hydrogen) atoms. The first-order valence-electron chi connectivity index (χ1n) is 11.1. The molecule has 1 aromatic carbocycles. The molecule has 6 nitrogen and oxygen atoms in total. The summed E-state index contributed by atoms with van der Waals surface area (Å²) >= 11 is 0. The largest absolute Gasteiger partial charge is 0.369 e. The lowest BCUT2D eigenvalue weighted by Gasteiger charge is -2.35. The third-order valence-corrected chi connectivity index (χ3v) is 6.64. The summed E-state index contributed by atoms with van der Waals surface area (Å²) in [7, 11) is 0. The van der Waals surface area contributed by atoms with Crippen molar-refractivity contribution < 1.29 is 0 Å². The van der Waals surface area contributed by atoms with E-state index in [1.807, 2.05) is 0 Å². The molecule has 1 atom stereocenters. The van der Waals surface area contributed by atoms with Gasteiger partial charge < -0.3 is 9.47 Å². The average molecular weight is 401 g/mol. The number of nitriles is 1. The van der Waals surface area contributed by atoms with Crippen molar-refractivity contribution >= 4 is 16.6 Å². The predicted octanol–water partition coefficient (Wildman–Crippen LogP) is 4.43. The van der Waals surface area contributed by atoms with Crippen LogP contribution in [0.4, 0.5) is 5.69 Å². The van der Waals surface area contributed by atoms with E-state index < -0.39 is 0 Å². The van der Waals surface area contributed by atoms with Crippen molar-refractivity contribution in [2.45, 2.75) is 64.8 Å². The van der Waals surface area contributed by atoms with Crippen LogP contribution in [0.25, 0.3) is 10.9 Å². The van der Waals surface area contributed by atoms with Crippen LogP contribution in [-0.2, 0) is 13.0 Å². The Morgan fingerprint density at radius 3 is 2.83 bits per heavy atom. The smallest absolute Gasteiger partial charge is 0.137 e. The van der Waals surface area contributed by atoms with Gasteiger partial charge in [0.15, 0.2) is 0 Å². The average Bonchev–Trinajstić information content (AvgIpc) is 3.01. The Hall–Kier alpha value is -2.94. The summed E-state index contributed by atoms with van der Waals surface area (Å²) in [4.78, 5) is 7.01. The molecule has 0 radical (unpaired) electrons. The van der Waals surface area contributed by atoms with Crippen LogP contribution in [0, 0.1) is 25.2 Å². The minimum absolute atomic E-state index is 0.346. The van der Waals surface area contributed by atoms with Crippen LogP contribution >= 0.6 is 0 Å². The van der Waals surface area contributed by atoms with Crippen LogP contribution in [0.1, 0.15) is 66.4 Å². The zero-order chi connectivity index (χ0) is 20.7. The molecule has 1 saturated heterocycles. The lowest BCUT2D eigenvalue weighted by Crippen LogP contribution is -2.36. The molecule has 0 aliphatic carbocycles. The molecule has 0 N–H and O–H groups in total. The summed E-state index contributed by atoms with van der Waals surface area (Å²) in [5.74, 6) is 2.64. The second kappa shape index (κ2) is 7.71. The van der Waals surface area contributed by atoms with Crippen molar-refractivity contribution in [3.05, 3.63) is 46.7 Å². The molecule has 2 aliphatic rings. The molecule has 4 heterocycles. The zero-order valence-corrected chi connectivity index (χ0v) is 17.9. The number of benzene rings is 1. The highest BCUT2D eigenvalue weighted by molar-refractivity contribution is 5.96. The molecule has 1 fully saturated rings. The van der Waals surface area contributed by atoms with Crippen LogP contribution in [0.3, 0.4) is 0 Å². The summed E-state index contributed by atoms with van der Waals surface area (Å²) < 4.78 is 2.38. The molecule has 2 aromatic heterocycles. The number of rotatable bonds is 2. The first kappa shape index (κ1) is 19.0. The van der Waals surface area contributed by atoms with Crippen molar-refractivity contribution in [1.82, 2.24) is 19.7 Å². The molecule has 1 unspecified atom stereocenters. The maximum atomic E-state index is 9.84. The second-order valence-corrected chi connectivity index (χ2v) is 8.83. The molecule has 0 spiro atoms. The fraction of sp³-hybridized carbons (Fsp3) is 0.500. The van der Waals surface area contributed by atoms with Gasteiger partial charge in [-0.2, -0.15) is 5.26 Å². The quantitative estimate of drug-likeness (QED) is 0.637. The number of anilines is 1. The van der Waals surface area contributed by atoms with Crippen LogP contribution in [0.2, 0.25) is 0 Å². The zero-order valence-electron chi connectivity index (χ0n) is 17.9. The van der Waals surface area contributed by atoms with Gasteiger partial charge in [-0.15, -0.1) is 10.2 Å². The van der Waals surface area contributed by atoms with E-state index in [0.29, 0.717) is 11.5 Å². The van der Waals surface area contributed by atoms with Crippen molar-refractivity contribution in [2.24, 2.45) is 0 Å². The number of nitrogens with zero attached hydrogens (tertiary/aromatic N) is 6. The molecule has 3 aromatic rings. The molecule has 0 saturated carbocycles. The molecule has 0 bridgehead atoms. The SMILES string of the molecule is Cc1cc(C)c2ncc(C#N)c(N3CCCC(c4nnc5n4CCCCC5)C3)c2c1. The van der Waals surface area contributed by atoms with E-state index in [1.165, 1.54) is 24.8 Å². The lowest BCUT2D eigenvalue weighted by atomic mass is 9.94. The highest BCUT2D eigenvalue weighted by atomic mass is 15.3. The van der Waals surface area contributed by atoms with Gasteiger partial charge in [0.1, 0.15) is 17.7 Å². The Kier molecular flexibility index (Phi) is 4.90. The third kappa shape index (κ3) is 3.23. The normalized spacial score (nSPS) is 19.4. The van der Waals surface area contributed by atoms with E-state index in [0.717, 1.165) is 72.7 Å². The summed E-state index contributed by atoms with van der Waals surface area (Å²) in [6.45, 7) is 7.08. The first-order valence-corrected chi connectivity index (χ1v) is 11.1. The maximum absolute atomic E-state index is 9.84. The Labute approximate surface area is 177 Å². The van der Waals surface area contributed by atoms with Crippen molar-refractivity contribution in [1.29, 1.82) is 5.26 Å². The predicted molar refractivity (Wildman–Crippen MR) is 118 cm³/mol. The van der Waals surface area contributed by atoms with E-state index in [9.17, 15) is 5.26 Å². The summed E-state index contributed by atoms with van der Waals surface area (Å²) in [6.07, 6.45) is 8.68. The van der Waals surface area contributed by atoms with Crippen molar-refractivity contribution in [2.75, 3.05) is 18.0 Å². The molecule has 0 amide bonds. The number of pyridine rings is 1. The van der Waals surface area contributed by atoms with Gasteiger partial charge in [0.25, 0.3) is 0 Å². The second-order valence-electron chi connectivity index (χ2n) is 8.83. The highest BCUT2D eigenvalue weighted by Crippen LogP contribution is 2.36. The van der Waals surface area contributed by atoms with Gasteiger partial charge in [-0.25, -0.2) is 0 Å². The first-order chi connectivity index (χ1) is 14.7. The number of piperidine rings is 1. The standard InChI is InChI=1S/C24H28N6/c1-16-11-17(2)22-20(12-16)23(19(13-25)14-26-22)29-9-6-7-18(15-29)24-28-27-21-8-4-3-5-10-30(21)24/h11-12,14,18H,3-10,15H2,1-2H3. The van der Waals surface area contributed by atoms with Crippen LogP contribution in [0.5, 0.6) is 0 Å². The van der Waals surface area contributed by atoms with E-state index >= 15 is 0 Å². The number of hydrogen-bond acceptors (Lipinski definition) is 5. The van der Waals surface area contributed by atoms with Gasteiger partial charge in [0.2, 0.25) is 0 Å². The minimum atomic E-state index is 0.346. The summed E-state index contributed by atoms with van der Waals surface area (Å²) in [5.41, 5.74) is 5.05. The fourth-order valence-corrected chi connectivity index (χ4v) is 5.27. The third-order valence-electron chi connectivity index (χ3n) is 6.64. The summed E-state index contributed by atoms with van der Waals surface area (Å²) in [6, 6.07) is 6.74. The number of aryl methyl sites for hydroxylation is 3. The van der Waals surface area contributed by atoms with Crippen molar-refractivity contribution in [3.8, 4) is 6.07 Å². The van der Waals surface area contributed by atoms with E-state index in [4.69, 9.17) is 0 Å². The Bertz CT molecular complexity index is 1140. The highest BCUT2D eigenvalue weighted by Gasteiger charge is 2.29. The maximum Gasteiger partial charge on any atom is 0.137 e. The number of fused-ring (bicyclic) bond motifs is 2. The van der Waals surface area contributed by atoms with Crippen LogP contribution in [-0.4, -0.2) is 32.8 Å². The fourth-order valence-electron chi connectivity index (χ4n) is 5.27. The number of aromatic nitrogens is 4. The van der Waals surface area contributed by atoms with Crippen LogP contribution in [0.15, 0.2) is 18.3 Å². The Morgan fingerprint density at radius 2 is 1.97 bits per heavy atom. The molecule has 5 rings (SSSR count). The summed E-state index contributed by atoms with van der Waals surface area (Å²) in [5, 5.41) is 20.1. The van der Waals surface area contributed by atoms with Gasteiger partial charge in [0.05, 0.1) is 16.8 Å². The van der Waals surface area contributed by atoms with Gasteiger partial charge in [0, 0.05) is 43.6 Å². The van der Waals surface area contributed by atoms with E-state index in [2.05, 4.69) is 56.7 Å².